The number of nitrogens with one attached hydrogen (secondary N) is 1. The number of sulfonamides is 1. The quantitative estimate of drug-likeness (QED) is 0.233. The number of hydrogen-bond acceptors (Lipinski definition) is 10. The summed E-state index contributed by atoms with van der Waals surface area (Å²) in [6, 6.07) is 9.39. The zero-order chi connectivity index (χ0) is 24.3. The average Bonchev–Trinajstić information content (AvgIpc) is 2.77. The lowest BCUT2D eigenvalue weighted by molar-refractivity contribution is -0.277. The second-order valence-corrected chi connectivity index (χ2v) is 8.90. The third kappa shape index (κ3) is 5.59. The second-order valence-electron chi connectivity index (χ2n) is 7.34. The smallest absolute Gasteiger partial charge is 0.259 e. The van der Waals surface area contributed by atoms with Gasteiger partial charge >= 0.3 is 0 Å². The van der Waals surface area contributed by atoms with Gasteiger partial charge in [-0.1, -0.05) is 18.2 Å². The first-order valence-corrected chi connectivity index (χ1v) is 11.3. The van der Waals surface area contributed by atoms with Crippen molar-refractivity contribution in [2.24, 2.45) is 5.14 Å². The lowest BCUT2D eigenvalue weighted by atomic mass is 9.99. The van der Waals surface area contributed by atoms with Gasteiger partial charge in [0.05, 0.1) is 11.5 Å². The van der Waals surface area contributed by atoms with Gasteiger partial charge in [-0.25, -0.2) is 13.6 Å². The SMILES string of the molecule is NS(=O)(=O)c1ccc(CNC(=O)c2c(O)cccc2O[C@@H]2O[C@H](CO)[C@@H](O)[C@H](O)[C@H]2O)cc1. The first kappa shape index (κ1) is 24.9. The largest absolute Gasteiger partial charge is 0.507 e. The van der Waals surface area contributed by atoms with Crippen LogP contribution < -0.4 is 15.2 Å². The number of phenols is 1. The third-order valence-electron chi connectivity index (χ3n) is 5.03. The van der Waals surface area contributed by atoms with E-state index in [9.17, 15) is 38.7 Å². The first-order chi connectivity index (χ1) is 15.5. The van der Waals surface area contributed by atoms with E-state index < -0.39 is 59.0 Å². The molecule has 0 aliphatic carbocycles. The van der Waals surface area contributed by atoms with Crippen LogP contribution in [-0.4, -0.2) is 77.2 Å². The molecular weight excluding hydrogens is 460 g/mol. The number of benzene rings is 2. The van der Waals surface area contributed by atoms with Crippen molar-refractivity contribution < 1.29 is 48.2 Å². The molecule has 33 heavy (non-hydrogen) atoms. The van der Waals surface area contributed by atoms with Crippen molar-refractivity contribution in [3.8, 4) is 11.5 Å². The number of aliphatic hydroxyl groups is 4. The van der Waals surface area contributed by atoms with E-state index >= 15 is 0 Å². The van der Waals surface area contributed by atoms with Crippen LogP contribution in [0, 0.1) is 0 Å². The van der Waals surface area contributed by atoms with E-state index in [1.54, 1.807) is 0 Å². The Kier molecular flexibility index (Phi) is 7.54. The number of primary sulfonamides is 1. The molecule has 0 spiro atoms. The fraction of sp³-hybridized carbons (Fsp3) is 0.350. The van der Waals surface area contributed by atoms with Crippen molar-refractivity contribution in [1.29, 1.82) is 0 Å². The number of aliphatic hydroxyl groups excluding tert-OH is 4. The van der Waals surface area contributed by atoms with Crippen LogP contribution in [0.25, 0.3) is 0 Å². The summed E-state index contributed by atoms with van der Waals surface area (Å²) in [6.07, 6.45) is -7.76. The van der Waals surface area contributed by atoms with Crippen molar-refractivity contribution in [3.63, 3.8) is 0 Å². The minimum absolute atomic E-state index is 0.0302. The third-order valence-corrected chi connectivity index (χ3v) is 5.96. The van der Waals surface area contributed by atoms with Crippen molar-refractivity contribution >= 4 is 15.9 Å². The maximum atomic E-state index is 12.7. The molecule has 0 radical (unpaired) electrons. The van der Waals surface area contributed by atoms with Gasteiger partial charge in [-0.15, -0.1) is 0 Å². The molecule has 0 bridgehead atoms. The molecule has 12 nitrogen and oxygen atoms in total. The Hall–Kier alpha value is -2.78. The fourth-order valence-electron chi connectivity index (χ4n) is 3.20. The number of nitrogens with two attached hydrogens (primary N) is 1. The van der Waals surface area contributed by atoms with Gasteiger partial charge in [0.15, 0.2) is 0 Å². The topological polar surface area (TPSA) is 209 Å². The van der Waals surface area contributed by atoms with Crippen molar-refractivity contribution in [2.45, 2.75) is 42.1 Å². The van der Waals surface area contributed by atoms with Crippen LogP contribution in [0.2, 0.25) is 0 Å². The zero-order valence-electron chi connectivity index (χ0n) is 17.1. The maximum absolute atomic E-state index is 12.7. The van der Waals surface area contributed by atoms with Crippen LogP contribution in [0.15, 0.2) is 47.4 Å². The standard InChI is InChI=1S/C20H24N2O10S/c21-33(29,30)11-6-4-10(5-7-11)8-22-19(28)15-12(24)2-1-3-13(15)31-20-18(27)17(26)16(25)14(9-23)32-20/h1-7,14,16-18,20,23-27H,8-9H2,(H,22,28)(H2,21,29,30)/t14-,16-,17+,18-,20-/m1/s1. The zero-order valence-corrected chi connectivity index (χ0v) is 17.9. The molecule has 13 heteroatoms. The Morgan fingerprint density at radius 1 is 1.06 bits per heavy atom. The van der Waals surface area contributed by atoms with E-state index in [0.29, 0.717) is 5.56 Å². The van der Waals surface area contributed by atoms with E-state index in [1.807, 2.05) is 0 Å². The Bertz CT molecular complexity index is 1090. The number of carbonyl (C=O) groups is 1. The molecule has 5 atom stereocenters. The second kappa shape index (κ2) is 10.0. The van der Waals surface area contributed by atoms with Crippen molar-refractivity contribution in [3.05, 3.63) is 53.6 Å². The highest BCUT2D eigenvalue weighted by Crippen LogP contribution is 2.31. The van der Waals surface area contributed by atoms with Gasteiger partial charge in [0.2, 0.25) is 16.3 Å². The number of rotatable bonds is 7. The van der Waals surface area contributed by atoms with Crippen LogP contribution >= 0.6 is 0 Å². The van der Waals surface area contributed by atoms with Crippen LogP contribution in [0.3, 0.4) is 0 Å². The Morgan fingerprint density at radius 2 is 1.73 bits per heavy atom. The molecule has 1 aliphatic rings. The summed E-state index contributed by atoms with van der Waals surface area (Å²) in [6.45, 7) is -0.694. The summed E-state index contributed by atoms with van der Waals surface area (Å²) in [7, 11) is -3.86. The van der Waals surface area contributed by atoms with Crippen molar-refractivity contribution in [2.75, 3.05) is 6.61 Å². The van der Waals surface area contributed by atoms with Gasteiger partial charge in [-0.2, -0.15) is 0 Å². The lowest BCUT2D eigenvalue weighted by Gasteiger charge is -2.39. The van der Waals surface area contributed by atoms with Crippen LogP contribution in [0.4, 0.5) is 0 Å². The van der Waals surface area contributed by atoms with Gasteiger partial charge in [-0.3, -0.25) is 4.79 Å². The minimum atomic E-state index is -3.86. The summed E-state index contributed by atoms with van der Waals surface area (Å²) in [5, 5.41) is 57.1. The highest BCUT2D eigenvalue weighted by Gasteiger charge is 2.45. The number of aromatic hydroxyl groups is 1. The fourth-order valence-corrected chi connectivity index (χ4v) is 3.72. The summed E-state index contributed by atoms with van der Waals surface area (Å²) in [4.78, 5) is 12.7. The van der Waals surface area contributed by atoms with Gasteiger partial charge in [0, 0.05) is 6.54 Å². The monoisotopic (exact) mass is 484 g/mol. The molecule has 1 fully saturated rings. The van der Waals surface area contributed by atoms with E-state index in [0.717, 1.165) is 0 Å². The molecule has 3 rings (SSSR count). The van der Waals surface area contributed by atoms with Gasteiger partial charge < -0.3 is 40.3 Å². The van der Waals surface area contributed by atoms with Gasteiger partial charge in [0.25, 0.3) is 5.91 Å². The molecule has 2 aromatic carbocycles. The van der Waals surface area contributed by atoms with Crippen LogP contribution in [0.5, 0.6) is 11.5 Å². The van der Waals surface area contributed by atoms with Gasteiger partial charge in [0.1, 0.15) is 41.5 Å². The molecule has 1 heterocycles. The summed E-state index contributed by atoms with van der Waals surface area (Å²) >= 11 is 0. The average molecular weight is 484 g/mol. The number of ether oxygens (including phenoxy) is 2. The van der Waals surface area contributed by atoms with E-state index in [2.05, 4.69) is 5.32 Å². The molecule has 0 aromatic heterocycles. The van der Waals surface area contributed by atoms with E-state index in [4.69, 9.17) is 14.6 Å². The van der Waals surface area contributed by atoms with E-state index in [-0.39, 0.29) is 22.8 Å². The molecule has 2 aromatic rings. The summed E-state index contributed by atoms with van der Waals surface area (Å²) < 4.78 is 33.4. The number of phenolic OH excluding ortho intramolecular Hbond substituents is 1. The number of carbonyl (C=O) groups excluding carboxylic acids is 1. The summed E-state index contributed by atoms with van der Waals surface area (Å²) in [5.41, 5.74) is 0.248. The number of amides is 1. The normalized spacial score (nSPS) is 25.4. The molecular formula is C20H24N2O10S. The molecule has 1 amide bonds. The highest BCUT2D eigenvalue weighted by molar-refractivity contribution is 7.89. The first-order valence-electron chi connectivity index (χ1n) is 9.72. The van der Waals surface area contributed by atoms with Crippen LogP contribution in [0.1, 0.15) is 15.9 Å². The molecule has 8 N–H and O–H groups in total. The highest BCUT2D eigenvalue weighted by atomic mass is 32.2. The van der Waals surface area contributed by atoms with Crippen LogP contribution in [-0.2, 0) is 21.3 Å². The molecule has 1 aliphatic heterocycles. The maximum Gasteiger partial charge on any atom is 0.259 e. The lowest BCUT2D eigenvalue weighted by Crippen LogP contribution is -2.60. The summed E-state index contributed by atoms with van der Waals surface area (Å²) in [5.74, 6) is -1.40. The molecule has 1 saturated heterocycles. The Balaban J connectivity index is 1.75. The molecule has 0 unspecified atom stereocenters. The predicted molar refractivity (Wildman–Crippen MR) is 111 cm³/mol. The molecule has 0 saturated carbocycles. The number of hydrogen-bond donors (Lipinski definition) is 7. The van der Waals surface area contributed by atoms with Gasteiger partial charge in [-0.05, 0) is 29.8 Å². The van der Waals surface area contributed by atoms with Crippen molar-refractivity contribution in [1.82, 2.24) is 5.32 Å². The van der Waals surface area contributed by atoms with E-state index in [1.165, 1.54) is 42.5 Å². The predicted octanol–water partition coefficient (Wildman–Crippen LogP) is -1.85. The Labute approximate surface area is 188 Å². The minimum Gasteiger partial charge on any atom is -0.507 e. The Morgan fingerprint density at radius 3 is 2.33 bits per heavy atom. The molecule has 180 valence electrons.